The highest BCUT2D eigenvalue weighted by atomic mass is 79.9. The number of aromatic nitrogens is 2. The van der Waals surface area contributed by atoms with Crippen LogP contribution in [0, 0.1) is 6.92 Å². The molecule has 21 heavy (non-hydrogen) atoms. The van der Waals surface area contributed by atoms with Crippen molar-refractivity contribution in [2.75, 3.05) is 0 Å². The summed E-state index contributed by atoms with van der Waals surface area (Å²) in [6.07, 6.45) is 0. The summed E-state index contributed by atoms with van der Waals surface area (Å²) in [5.74, 6) is 0.967. The Hall–Kier alpha value is -2.34. The summed E-state index contributed by atoms with van der Waals surface area (Å²) in [7, 11) is 0. The van der Waals surface area contributed by atoms with Gasteiger partial charge in [-0.1, -0.05) is 28.1 Å². The van der Waals surface area contributed by atoms with Crippen LogP contribution in [0.25, 0.3) is 22.7 Å². The molecular formula is C15H11BrN2O3. The zero-order valence-electron chi connectivity index (χ0n) is 11.1. The first-order valence-corrected chi connectivity index (χ1v) is 7.00. The van der Waals surface area contributed by atoms with Crippen LogP contribution in [0.5, 0.6) is 5.88 Å². The minimum Gasteiger partial charge on any atom is -0.493 e. The molecule has 2 aromatic heterocycles. The lowest BCUT2D eigenvalue weighted by atomic mass is 10.1. The molecule has 0 aliphatic carbocycles. The van der Waals surface area contributed by atoms with E-state index in [9.17, 15) is 9.90 Å². The monoisotopic (exact) mass is 346 g/mol. The van der Waals surface area contributed by atoms with Gasteiger partial charge >= 0.3 is 0 Å². The van der Waals surface area contributed by atoms with Crippen molar-refractivity contribution < 1.29 is 9.52 Å². The summed E-state index contributed by atoms with van der Waals surface area (Å²) in [5, 5.41) is 10.1. The first-order valence-electron chi connectivity index (χ1n) is 6.20. The van der Waals surface area contributed by atoms with Crippen LogP contribution in [0.4, 0.5) is 0 Å². The van der Waals surface area contributed by atoms with Gasteiger partial charge in [-0.15, -0.1) is 0 Å². The molecular weight excluding hydrogens is 336 g/mol. The zero-order valence-corrected chi connectivity index (χ0v) is 12.6. The molecule has 6 heteroatoms. The zero-order chi connectivity index (χ0) is 15.0. The molecule has 3 aromatic rings. The summed E-state index contributed by atoms with van der Waals surface area (Å²) < 4.78 is 6.20. The number of benzene rings is 1. The molecule has 5 nitrogen and oxygen atoms in total. The van der Waals surface area contributed by atoms with Crippen LogP contribution >= 0.6 is 15.9 Å². The topological polar surface area (TPSA) is 79.1 Å². The number of H-pyrrole nitrogens is 1. The SMILES string of the molecule is Cc1ccc(-c2nc(O)c(-c3cccc(Br)c3)c(=O)[nH]2)o1. The normalized spacial score (nSPS) is 10.8. The van der Waals surface area contributed by atoms with Crippen molar-refractivity contribution in [3.63, 3.8) is 0 Å². The number of nitrogens with zero attached hydrogens (tertiary/aromatic N) is 1. The van der Waals surface area contributed by atoms with E-state index in [0.29, 0.717) is 17.1 Å². The average Bonchev–Trinajstić information content (AvgIpc) is 2.85. The molecule has 0 bridgehead atoms. The predicted molar refractivity (Wildman–Crippen MR) is 82.1 cm³/mol. The van der Waals surface area contributed by atoms with E-state index >= 15 is 0 Å². The molecule has 3 rings (SSSR count). The molecule has 1 aromatic carbocycles. The smallest absolute Gasteiger partial charge is 0.263 e. The molecule has 0 unspecified atom stereocenters. The van der Waals surface area contributed by atoms with E-state index in [0.717, 1.165) is 4.47 Å². The van der Waals surface area contributed by atoms with E-state index in [-0.39, 0.29) is 17.3 Å². The van der Waals surface area contributed by atoms with Gasteiger partial charge in [0.15, 0.2) is 11.6 Å². The Balaban J connectivity index is 2.15. The van der Waals surface area contributed by atoms with Crippen LogP contribution in [0.2, 0.25) is 0 Å². The van der Waals surface area contributed by atoms with Gasteiger partial charge in [-0.3, -0.25) is 4.79 Å². The number of nitrogens with one attached hydrogen (secondary N) is 1. The molecule has 0 spiro atoms. The highest BCUT2D eigenvalue weighted by Gasteiger charge is 2.15. The first kappa shape index (κ1) is 13.6. The molecule has 0 amide bonds. The molecule has 0 atom stereocenters. The maximum absolute atomic E-state index is 12.2. The predicted octanol–water partition coefficient (Wildman–Crippen LogP) is 3.47. The molecule has 0 radical (unpaired) electrons. The highest BCUT2D eigenvalue weighted by Crippen LogP contribution is 2.28. The van der Waals surface area contributed by atoms with Crippen molar-refractivity contribution in [2.45, 2.75) is 6.92 Å². The van der Waals surface area contributed by atoms with E-state index in [2.05, 4.69) is 25.9 Å². The van der Waals surface area contributed by atoms with E-state index in [1.165, 1.54) is 0 Å². The van der Waals surface area contributed by atoms with Gasteiger partial charge in [-0.25, -0.2) is 0 Å². The van der Waals surface area contributed by atoms with Gasteiger partial charge in [-0.05, 0) is 36.8 Å². The number of furan rings is 1. The molecule has 0 saturated carbocycles. The van der Waals surface area contributed by atoms with Gasteiger partial charge in [-0.2, -0.15) is 4.98 Å². The Morgan fingerprint density at radius 3 is 2.71 bits per heavy atom. The van der Waals surface area contributed by atoms with Crippen molar-refractivity contribution in [3.05, 3.63) is 57.0 Å². The molecule has 0 aliphatic heterocycles. The van der Waals surface area contributed by atoms with Crippen molar-refractivity contribution in [1.29, 1.82) is 0 Å². The van der Waals surface area contributed by atoms with Crippen LogP contribution in [0.1, 0.15) is 5.76 Å². The van der Waals surface area contributed by atoms with Crippen LogP contribution in [-0.2, 0) is 0 Å². The minimum atomic E-state index is -0.426. The van der Waals surface area contributed by atoms with E-state index in [4.69, 9.17) is 4.42 Å². The van der Waals surface area contributed by atoms with Crippen LogP contribution < -0.4 is 5.56 Å². The Morgan fingerprint density at radius 2 is 2.10 bits per heavy atom. The van der Waals surface area contributed by atoms with Gasteiger partial charge in [0, 0.05) is 4.47 Å². The molecule has 0 saturated heterocycles. The third-order valence-corrected chi connectivity index (χ3v) is 3.48. The van der Waals surface area contributed by atoms with Crippen LogP contribution in [0.3, 0.4) is 0 Å². The summed E-state index contributed by atoms with van der Waals surface area (Å²) in [6, 6.07) is 10.5. The number of hydrogen-bond acceptors (Lipinski definition) is 4. The fourth-order valence-electron chi connectivity index (χ4n) is 2.04. The number of rotatable bonds is 2. The van der Waals surface area contributed by atoms with Crippen LogP contribution in [-0.4, -0.2) is 15.1 Å². The van der Waals surface area contributed by atoms with Gasteiger partial charge in [0.1, 0.15) is 11.3 Å². The van der Waals surface area contributed by atoms with Gasteiger partial charge in [0.25, 0.3) is 5.56 Å². The Labute approximate surface area is 128 Å². The molecule has 106 valence electrons. The molecule has 2 heterocycles. The standard InChI is InChI=1S/C15H11BrN2O3/c1-8-5-6-11(21-8)13-17-14(19)12(15(20)18-13)9-3-2-4-10(16)7-9/h2-7H,1H3,(H2,17,18,19,20). The van der Waals surface area contributed by atoms with Crippen LogP contribution in [0.15, 0.2) is 50.1 Å². The van der Waals surface area contributed by atoms with E-state index < -0.39 is 5.56 Å². The third kappa shape index (κ3) is 2.62. The maximum Gasteiger partial charge on any atom is 0.263 e. The lowest BCUT2D eigenvalue weighted by Crippen LogP contribution is -2.11. The van der Waals surface area contributed by atoms with E-state index in [1.54, 1.807) is 37.3 Å². The van der Waals surface area contributed by atoms with Crippen molar-refractivity contribution in [3.8, 4) is 28.6 Å². The quantitative estimate of drug-likeness (QED) is 0.744. The summed E-state index contributed by atoms with van der Waals surface area (Å²) in [6.45, 7) is 1.79. The maximum atomic E-state index is 12.2. The van der Waals surface area contributed by atoms with Crippen molar-refractivity contribution in [1.82, 2.24) is 9.97 Å². The first-order chi connectivity index (χ1) is 10.0. The van der Waals surface area contributed by atoms with Gasteiger partial charge < -0.3 is 14.5 Å². The highest BCUT2D eigenvalue weighted by molar-refractivity contribution is 9.10. The van der Waals surface area contributed by atoms with Crippen molar-refractivity contribution >= 4 is 15.9 Å². The Morgan fingerprint density at radius 1 is 1.29 bits per heavy atom. The summed E-state index contributed by atoms with van der Waals surface area (Å²) in [4.78, 5) is 18.9. The Bertz CT molecular complexity index is 867. The molecule has 0 aliphatic rings. The second-order valence-electron chi connectivity index (χ2n) is 4.53. The molecule has 0 fully saturated rings. The summed E-state index contributed by atoms with van der Waals surface area (Å²) in [5.41, 5.74) is 0.283. The number of hydrogen-bond donors (Lipinski definition) is 2. The van der Waals surface area contributed by atoms with Gasteiger partial charge in [0.05, 0.1) is 0 Å². The fraction of sp³-hybridized carbons (Fsp3) is 0.0667. The number of aryl methyl sites for hydroxylation is 1. The molecule has 2 N–H and O–H groups in total. The lowest BCUT2D eigenvalue weighted by Gasteiger charge is -2.05. The summed E-state index contributed by atoms with van der Waals surface area (Å²) >= 11 is 3.33. The number of halogens is 1. The number of aromatic hydroxyl groups is 1. The fourth-order valence-corrected chi connectivity index (χ4v) is 2.44. The lowest BCUT2D eigenvalue weighted by molar-refractivity contribution is 0.452. The van der Waals surface area contributed by atoms with Gasteiger partial charge in [0.2, 0.25) is 5.88 Å². The average molecular weight is 347 g/mol. The minimum absolute atomic E-state index is 0.128. The Kier molecular flexibility index (Phi) is 3.39. The third-order valence-electron chi connectivity index (χ3n) is 2.99. The van der Waals surface area contributed by atoms with Crippen molar-refractivity contribution in [2.24, 2.45) is 0 Å². The second kappa shape index (κ2) is 5.21. The largest absolute Gasteiger partial charge is 0.493 e. The second-order valence-corrected chi connectivity index (χ2v) is 5.45. The van der Waals surface area contributed by atoms with E-state index in [1.807, 2.05) is 6.07 Å². The number of aromatic amines is 1.